The van der Waals surface area contributed by atoms with Gasteiger partial charge in [-0.2, -0.15) is 4.40 Å². The number of benzene rings is 4. The van der Waals surface area contributed by atoms with Gasteiger partial charge in [0.25, 0.3) is 5.65 Å². The molecular formula is C45H53N2+. The van der Waals surface area contributed by atoms with Gasteiger partial charge in [-0.25, -0.2) is 4.57 Å². The third-order valence-corrected chi connectivity index (χ3v) is 12.2. The minimum absolute atomic E-state index is 0.139. The maximum absolute atomic E-state index is 2.67. The second-order valence-corrected chi connectivity index (χ2v) is 16.4. The molecule has 3 heterocycles. The van der Waals surface area contributed by atoms with Crippen molar-refractivity contribution in [3.8, 4) is 22.4 Å². The van der Waals surface area contributed by atoms with Crippen LogP contribution in [0.3, 0.4) is 0 Å². The SMILES string of the molecule is Cc1ccc2c3cc(-c4c(C(C)C)cc(C(C)C)cc4C(C)C)cc4c3n3c(c(-c5ccccc5)[n+](C)c3c2c1C)C(C)(C)C4(C)C. The summed E-state index contributed by atoms with van der Waals surface area (Å²) in [7, 11) is 2.29. The molecule has 0 fully saturated rings. The maximum atomic E-state index is 2.67. The molecule has 0 radical (unpaired) electrons. The van der Waals surface area contributed by atoms with Crippen LogP contribution in [0.25, 0.3) is 49.7 Å². The first-order valence-corrected chi connectivity index (χ1v) is 17.8. The van der Waals surface area contributed by atoms with Crippen LogP contribution >= 0.6 is 0 Å². The molecule has 0 saturated carbocycles. The lowest BCUT2D eigenvalue weighted by Gasteiger charge is -2.43. The fourth-order valence-electron chi connectivity index (χ4n) is 8.58. The maximum Gasteiger partial charge on any atom is 0.295 e. The van der Waals surface area contributed by atoms with Gasteiger partial charge in [0, 0.05) is 32.7 Å². The van der Waals surface area contributed by atoms with Crippen molar-refractivity contribution in [1.82, 2.24) is 4.40 Å². The molecular weight excluding hydrogens is 569 g/mol. The molecule has 47 heavy (non-hydrogen) atoms. The summed E-state index contributed by atoms with van der Waals surface area (Å²) in [5.74, 6) is 1.34. The highest BCUT2D eigenvalue weighted by atomic mass is 15.1. The molecule has 4 aromatic carbocycles. The summed E-state index contributed by atoms with van der Waals surface area (Å²) < 4.78 is 5.17. The Morgan fingerprint density at radius 2 is 1.28 bits per heavy atom. The van der Waals surface area contributed by atoms with Crippen LogP contribution in [0.5, 0.6) is 0 Å². The third kappa shape index (κ3) is 4.25. The zero-order valence-electron chi connectivity index (χ0n) is 31.0. The van der Waals surface area contributed by atoms with Gasteiger partial charge in [-0.1, -0.05) is 124 Å². The number of aryl methyl sites for hydroxylation is 3. The van der Waals surface area contributed by atoms with Gasteiger partial charge in [-0.05, 0) is 82.7 Å². The molecule has 2 heteroatoms. The summed E-state index contributed by atoms with van der Waals surface area (Å²) in [6, 6.07) is 25.9. The van der Waals surface area contributed by atoms with E-state index in [1.165, 1.54) is 88.8 Å². The molecule has 2 aromatic heterocycles. The minimum atomic E-state index is -0.157. The number of pyridine rings is 1. The molecule has 0 spiro atoms. The standard InChI is InChI=1S/C45H53N2/c1-25(2)31-21-34(26(3)4)39(35(22-31)27(5)6)32-23-36-33-20-19-28(7)29(8)38(33)43-46(13)40(30-17-15-14-16-18-30)42-45(11,12)44(9,10)37(24-32)41(36)47(42)43/h14-27H,1-13H3/q+1. The van der Waals surface area contributed by atoms with Crippen LogP contribution in [-0.4, -0.2) is 4.40 Å². The smallest absolute Gasteiger partial charge is 0.225 e. The molecule has 0 saturated heterocycles. The molecule has 2 nitrogen and oxygen atoms in total. The van der Waals surface area contributed by atoms with Gasteiger partial charge in [-0.3, -0.25) is 0 Å². The summed E-state index contributed by atoms with van der Waals surface area (Å²) in [4.78, 5) is 0. The minimum Gasteiger partial charge on any atom is -0.225 e. The Bertz CT molecular complexity index is 2210. The van der Waals surface area contributed by atoms with E-state index in [1.807, 2.05) is 0 Å². The topological polar surface area (TPSA) is 8.29 Å². The number of fused-ring (bicyclic) bond motifs is 3. The summed E-state index contributed by atoms with van der Waals surface area (Å²) in [5.41, 5.74) is 17.7. The van der Waals surface area contributed by atoms with E-state index in [2.05, 4.69) is 166 Å². The highest BCUT2D eigenvalue weighted by molar-refractivity contribution is 6.15. The van der Waals surface area contributed by atoms with Crippen LogP contribution in [0.4, 0.5) is 0 Å². The van der Waals surface area contributed by atoms with Gasteiger partial charge in [0.15, 0.2) is 11.4 Å². The molecule has 7 rings (SSSR count). The fraction of sp³-hybridized carbons (Fsp3) is 0.400. The van der Waals surface area contributed by atoms with Crippen LogP contribution < -0.4 is 4.57 Å². The zero-order valence-corrected chi connectivity index (χ0v) is 31.0. The average molecular weight is 622 g/mol. The van der Waals surface area contributed by atoms with Crippen molar-refractivity contribution in [3.05, 3.63) is 106 Å². The molecule has 0 unspecified atom stereocenters. The van der Waals surface area contributed by atoms with E-state index in [-0.39, 0.29) is 10.8 Å². The Hall–Kier alpha value is -3.91. The van der Waals surface area contributed by atoms with Crippen LogP contribution in [-0.2, 0) is 17.9 Å². The van der Waals surface area contributed by atoms with Crippen LogP contribution in [0.2, 0.25) is 0 Å². The molecule has 0 atom stereocenters. The number of rotatable bonds is 5. The van der Waals surface area contributed by atoms with Crippen molar-refractivity contribution in [2.45, 2.75) is 112 Å². The quantitative estimate of drug-likeness (QED) is 0.134. The van der Waals surface area contributed by atoms with E-state index in [4.69, 9.17) is 0 Å². The predicted octanol–water partition coefficient (Wildman–Crippen LogP) is 12.0. The summed E-state index contributed by atoms with van der Waals surface area (Å²) >= 11 is 0. The van der Waals surface area contributed by atoms with Gasteiger partial charge >= 0.3 is 0 Å². The Labute approximate surface area is 282 Å². The van der Waals surface area contributed by atoms with E-state index < -0.39 is 0 Å². The Morgan fingerprint density at radius 1 is 0.660 bits per heavy atom. The fourth-order valence-corrected chi connectivity index (χ4v) is 8.58. The highest BCUT2D eigenvalue weighted by Gasteiger charge is 2.53. The Kier molecular flexibility index (Phi) is 7.11. The third-order valence-electron chi connectivity index (χ3n) is 12.2. The van der Waals surface area contributed by atoms with E-state index in [0.29, 0.717) is 17.8 Å². The van der Waals surface area contributed by atoms with E-state index in [1.54, 1.807) is 0 Å². The lowest BCUT2D eigenvalue weighted by atomic mass is 9.59. The molecule has 0 amide bonds. The number of nitrogens with zero attached hydrogens (tertiary/aromatic N) is 2. The molecule has 0 N–H and O–H groups in total. The first-order chi connectivity index (χ1) is 22.1. The summed E-state index contributed by atoms with van der Waals surface area (Å²) in [5, 5.41) is 4.08. The van der Waals surface area contributed by atoms with Crippen molar-refractivity contribution in [1.29, 1.82) is 0 Å². The number of aromatic nitrogens is 2. The molecule has 1 aliphatic rings. The van der Waals surface area contributed by atoms with Gasteiger partial charge in [0.2, 0.25) is 0 Å². The van der Waals surface area contributed by atoms with Gasteiger partial charge < -0.3 is 0 Å². The molecule has 242 valence electrons. The van der Waals surface area contributed by atoms with Crippen LogP contribution in [0.15, 0.2) is 66.7 Å². The molecule has 6 aromatic rings. The Morgan fingerprint density at radius 3 is 1.85 bits per heavy atom. The molecule has 0 bridgehead atoms. The lowest BCUT2D eigenvalue weighted by Crippen LogP contribution is -2.44. The summed E-state index contributed by atoms with van der Waals surface area (Å²) in [6.45, 7) is 28.6. The van der Waals surface area contributed by atoms with Crippen molar-refractivity contribution in [2.24, 2.45) is 7.05 Å². The zero-order chi connectivity index (χ0) is 33.9. The Balaban J connectivity index is 1.77. The van der Waals surface area contributed by atoms with Crippen molar-refractivity contribution >= 4 is 27.3 Å². The molecule has 0 aliphatic carbocycles. The van der Waals surface area contributed by atoms with Crippen molar-refractivity contribution in [2.75, 3.05) is 0 Å². The van der Waals surface area contributed by atoms with E-state index >= 15 is 0 Å². The highest BCUT2D eigenvalue weighted by Crippen LogP contribution is 2.55. The van der Waals surface area contributed by atoms with Gasteiger partial charge in [0.05, 0.1) is 12.4 Å². The van der Waals surface area contributed by atoms with Crippen LogP contribution in [0, 0.1) is 13.8 Å². The number of hydrogen-bond donors (Lipinski definition) is 0. The van der Waals surface area contributed by atoms with Crippen molar-refractivity contribution < 1.29 is 4.57 Å². The largest absolute Gasteiger partial charge is 0.295 e. The van der Waals surface area contributed by atoms with E-state index in [0.717, 1.165) is 0 Å². The van der Waals surface area contributed by atoms with E-state index in [9.17, 15) is 0 Å². The second kappa shape index (κ2) is 10.5. The second-order valence-electron chi connectivity index (χ2n) is 16.4. The monoisotopic (exact) mass is 621 g/mol. The number of hydrogen-bond acceptors (Lipinski definition) is 0. The number of imidazole rings is 1. The lowest BCUT2D eigenvalue weighted by molar-refractivity contribution is -0.632. The van der Waals surface area contributed by atoms with Gasteiger partial charge in [0.1, 0.15) is 5.52 Å². The normalized spacial score (nSPS) is 15.4. The average Bonchev–Trinajstić information content (AvgIpc) is 3.34. The van der Waals surface area contributed by atoms with Crippen LogP contribution in [0.1, 0.15) is 126 Å². The predicted molar refractivity (Wildman–Crippen MR) is 202 cm³/mol. The van der Waals surface area contributed by atoms with Gasteiger partial charge in [-0.15, -0.1) is 0 Å². The molecule has 1 aliphatic heterocycles. The first kappa shape index (κ1) is 31.7. The first-order valence-electron chi connectivity index (χ1n) is 17.8. The summed E-state index contributed by atoms with van der Waals surface area (Å²) in [6.07, 6.45) is 0. The van der Waals surface area contributed by atoms with Crippen molar-refractivity contribution in [3.63, 3.8) is 0 Å².